The first-order valence-electron chi connectivity index (χ1n) is 7.96. The molecule has 1 aromatic carbocycles. The standard InChI is InChI=1S/C15H21N5O7/c1-7(2)4-11(15(22)23)18-10-5-9(17-8(3)14(16)21)12(19(24)25)6-13(10)20(26)27/h5-8,11,17-18H,4H2,1-3H3,(H2,16,21)(H,22,23)/t8-,11+/m0/s1. The monoisotopic (exact) mass is 383 g/mol. The first kappa shape index (κ1) is 21.6. The van der Waals surface area contributed by atoms with E-state index in [1.165, 1.54) is 6.92 Å². The van der Waals surface area contributed by atoms with Gasteiger partial charge in [-0.1, -0.05) is 13.8 Å². The van der Waals surface area contributed by atoms with Gasteiger partial charge in [0, 0.05) is 0 Å². The molecule has 1 aromatic rings. The lowest BCUT2D eigenvalue weighted by Gasteiger charge is -2.19. The van der Waals surface area contributed by atoms with Gasteiger partial charge in [-0.2, -0.15) is 0 Å². The number of amides is 1. The van der Waals surface area contributed by atoms with Crippen LogP contribution in [0.3, 0.4) is 0 Å². The number of nitrogens with two attached hydrogens (primary N) is 1. The van der Waals surface area contributed by atoms with Gasteiger partial charge in [0.2, 0.25) is 5.91 Å². The summed E-state index contributed by atoms with van der Waals surface area (Å²) in [5.74, 6) is -2.04. The Labute approximate surface area is 154 Å². The van der Waals surface area contributed by atoms with Gasteiger partial charge in [0.05, 0.1) is 15.9 Å². The van der Waals surface area contributed by atoms with Crippen molar-refractivity contribution in [1.82, 2.24) is 0 Å². The number of hydrogen-bond donors (Lipinski definition) is 4. The molecule has 0 aromatic heterocycles. The Hall–Kier alpha value is -3.44. The summed E-state index contributed by atoms with van der Waals surface area (Å²) < 4.78 is 0. The van der Waals surface area contributed by atoms with E-state index < -0.39 is 45.2 Å². The number of carboxylic acids is 1. The van der Waals surface area contributed by atoms with Crippen LogP contribution in [0, 0.1) is 26.1 Å². The summed E-state index contributed by atoms with van der Waals surface area (Å²) in [5, 5.41) is 36.9. The zero-order valence-electron chi connectivity index (χ0n) is 15.0. The largest absolute Gasteiger partial charge is 0.480 e. The van der Waals surface area contributed by atoms with E-state index in [1.807, 2.05) is 0 Å². The van der Waals surface area contributed by atoms with E-state index in [4.69, 9.17) is 5.73 Å². The highest BCUT2D eigenvalue weighted by Gasteiger charge is 2.29. The van der Waals surface area contributed by atoms with Crippen LogP contribution in [0.2, 0.25) is 0 Å². The van der Waals surface area contributed by atoms with E-state index in [1.54, 1.807) is 13.8 Å². The van der Waals surface area contributed by atoms with E-state index in [9.17, 15) is 34.9 Å². The zero-order valence-corrected chi connectivity index (χ0v) is 15.0. The van der Waals surface area contributed by atoms with E-state index in [0.29, 0.717) is 6.07 Å². The van der Waals surface area contributed by atoms with Crippen molar-refractivity contribution < 1.29 is 24.5 Å². The number of carbonyl (C=O) groups excluding carboxylic acids is 1. The molecule has 1 amide bonds. The second-order valence-electron chi connectivity index (χ2n) is 6.33. The van der Waals surface area contributed by atoms with Crippen LogP contribution >= 0.6 is 0 Å². The summed E-state index contributed by atoms with van der Waals surface area (Å²) in [7, 11) is 0. The minimum absolute atomic E-state index is 0.0248. The van der Waals surface area contributed by atoms with Crippen molar-refractivity contribution in [1.29, 1.82) is 0 Å². The number of anilines is 2. The number of primary amides is 1. The second-order valence-corrected chi connectivity index (χ2v) is 6.33. The van der Waals surface area contributed by atoms with Crippen LogP contribution in [0.4, 0.5) is 22.7 Å². The van der Waals surface area contributed by atoms with Crippen LogP contribution in [-0.2, 0) is 9.59 Å². The SMILES string of the molecule is CC(C)C[C@@H](Nc1cc(N[C@@H](C)C(N)=O)c([N+](=O)[O-])cc1[N+](=O)[O-])C(=O)O. The van der Waals surface area contributed by atoms with Crippen molar-refractivity contribution in [2.24, 2.45) is 11.7 Å². The minimum Gasteiger partial charge on any atom is -0.480 e. The fourth-order valence-corrected chi connectivity index (χ4v) is 2.30. The smallest absolute Gasteiger partial charge is 0.326 e. The molecule has 0 aliphatic rings. The Kier molecular flexibility index (Phi) is 7.02. The Morgan fingerprint density at radius 1 is 1.07 bits per heavy atom. The average Bonchev–Trinajstić information content (AvgIpc) is 2.52. The zero-order chi connectivity index (χ0) is 20.9. The summed E-state index contributed by atoms with van der Waals surface area (Å²) in [6.07, 6.45) is 0.171. The number of benzene rings is 1. The number of carbonyl (C=O) groups is 2. The topological polar surface area (TPSA) is 191 Å². The quantitative estimate of drug-likeness (QED) is 0.344. The third-order valence-corrected chi connectivity index (χ3v) is 3.64. The fraction of sp³-hybridized carbons (Fsp3) is 0.467. The van der Waals surface area contributed by atoms with Crippen LogP contribution < -0.4 is 16.4 Å². The van der Waals surface area contributed by atoms with E-state index >= 15 is 0 Å². The number of nitrogens with one attached hydrogen (secondary N) is 2. The third-order valence-electron chi connectivity index (χ3n) is 3.64. The highest BCUT2D eigenvalue weighted by Crippen LogP contribution is 2.37. The molecule has 0 unspecified atom stereocenters. The van der Waals surface area contributed by atoms with Crippen LogP contribution in [0.25, 0.3) is 0 Å². The van der Waals surface area contributed by atoms with Crippen LogP contribution in [0.15, 0.2) is 12.1 Å². The lowest BCUT2D eigenvalue weighted by atomic mass is 10.0. The molecule has 2 atom stereocenters. The third kappa shape index (κ3) is 5.80. The minimum atomic E-state index is -1.23. The fourth-order valence-electron chi connectivity index (χ4n) is 2.30. The Morgan fingerprint density at radius 3 is 1.93 bits per heavy atom. The first-order chi connectivity index (χ1) is 12.4. The number of aliphatic carboxylic acids is 1. The van der Waals surface area contributed by atoms with Crippen molar-refractivity contribution in [2.75, 3.05) is 10.6 Å². The van der Waals surface area contributed by atoms with Gasteiger partial charge in [-0.15, -0.1) is 0 Å². The number of nitro groups is 2. The van der Waals surface area contributed by atoms with E-state index in [2.05, 4.69) is 10.6 Å². The second kappa shape index (κ2) is 8.78. The molecule has 5 N–H and O–H groups in total. The van der Waals surface area contributed by atoms with E-state index in [0.717, 1.165) is 6.07 Å². The average molecular weight is 383 g/mol. The highest BCUT2D eigenvalue weighted by atomic mass is 16.6. The van der Waals surface area contributed by atoms with Gasteiger partial charge in [-0.05, 0) is 25.3 Å². The van der Waals surface area contributed by atoms with Gasteiger partial charge in [0.15, 0.2) is 0 Å². The molecule has 12 nitrogen and oxygen atoms in total. The van der Waals surface area contributed by atoms with E-state index in [-0.39, 0.29) is 23.7 Å². The maximum Gasteiger partial charge on any atom is 0.326 e. The van der Waals surface area contributed by atoms with Crippen LogP contribution in [0.1, 0.15) is 27.2 Å². The molecule has 0 fully saturated rings. The Balaban J connectivity index is 3.47. The molecule has 1 rings (SSSR count). The molecular weight excluding hydrogens is 362 g/mol. The molecule has 27 heavy (non-hydrogen) atoms. The van der Waals surface area contributed by atoms with Crippen LogP contribution in [0.5, 0.6) is 0 Å². The first-order valence-corrected chi connectivity index (χ1v) is 7.96. The molecular formula is C15H21N5O7. The van der Waals surface area contributed by atoms with Crippen molar-refractivity contribution >= 4 is 34.6 Å². The number of carboxylic acid groups (broad SMARTS) is 1. The molecule has 148 valence electrons. The van der Waals surface area contributed by atoms with Gasteiger partial charge < -0.3 is 21.5 Å². The Bertz CT molecular complexity index is 765. The number of nitrogens with zero attached hydrogens (tertiary/aromatic N) is 2. The maximum atomic E-state index is 11.4. The summed E-state index contributed by atoms with van der Waals surface area (Å²) in [6, 6.07) is -0.408. The summed E-state index contributed by atoms with van der Waals surface area (Å²) in [4.78, 5) is 43.5. The molecule has 0 bridgehead atoms. The predicted molar refractivity (Wildman–Crippen MR) is 96.5 cm³/mol. The van der Waals surface area contributed by atoms with Crippen molar-refractivity contribution in [3.8, 4) is 0 Å². The van der Waals surface area contributed by atoms with Crippen molar-refractivity contribution in [2.45, 2.75) is 39.3 Å². The molecule has 0 radical (unpaired) electrons. The normalized spacial score (nSPS) is 12.9. The van der Waals surface area contributed by atoms with Crippen LogP contribution in [-0.4, -0.2) is 38.9 Å². The molecule has 0 aliphatic carbocycles. The molecule has 0 saturated carbocycles. The van der Waals surface area contributed by atoms with Gasteiger partial charge in [-0.25, -0.2) is 4.79 Å². The molecule has 0 aliphatic heterocycles. The number of hydrogen-bond acceptors (Lipinski definition) is 8. The lowest BCUT2D eigenvalue weighted by molar-refractivity contribution is -0.393. The van der Waals surface area contributed by atoms with Crippen molar-refractivity contribution in [3.63, 3.8) is 0 Å². The Morgan fingerprint density at radius 2 is 1.56 bits per heavy atom. The summed E-state index contributed by atoms with van der Waals surface area (Å²) in [6.45, 7) is 4.92. The number of nitro benzene ring substituents is 2. The molecule has 0 saturated heterocycles. The highest BCUT2D eigenvalue weighted by molar-refractivity contribution is 5.86. The maximum absolute atomic E-state index is 11.4. The number of rotatable bonds is 10. The molecule has 12 heteroatoms. The van der Waals surface area contributed by atoms with Gasteiger partial charge in [0.1, 0.15) is 23.5 Å². The van der Waals surface area contributed by atoms with Gasteiger partial charge in [0.25, 0.3) is 11.4 Å². The predicted octanol–water partition coefficient (Wildman–Crippen LogP) is 1.70. The van der Waals surface area contributed by atoms with Gasteiger partial charge in [-0.3, -0.25) is 25.0 Å². The molecule has 0 spiro atoms. The van der Waals surface area contributed by atoms with Crippen molar-refractivity contribution in [3.05, 3.63) is 32.4 Å². The van der Waals surface area contributed by atoms with Gasteiger partial charge >= 0.3 is 5.97 Å². The summed E-state index contributed by atoms with van der Waals surface area (Å²) >= 11 is 0. The summed E-state index contributed by atoms with van der Waals surface area (Å²) in [5.41, 5.74) is 3.40. The molecule has 0 heterocycles. The lowest BCUT2D eigenvalue weighted by Crippen LogP contribution is -2.33.